The first-order chi connectivity index (χ1) is 10.6. The van der Waals surface area contributed by atoms with Gasteiger partial charge in [-0.25, -0.2) is 0 Å². The molecule has 0 saturated carbocycles. The summed E-state index contributed by atoms with van der Waals surface area (Å²) >= 11 is 1.64. The van der Waals surface area contributed by atoms with Crippen molar-refractivity contribution in [1.29, 1.82) is 0 Å². The maximum Gasteiger partial charge on any atom is 0.325 e. The quantitative estimate of drug-likeness (QED) is 0.898. The highest BCUT2D eigenvalue weighted by atomic mass is 32.1. The van der Waals surface area contributed by atoms with Crippen LogP contribution < -0.4 is 0 Å². The van der Waals surface area contributed by atoms with Gasteiger partial charge in [-0.05, 0) is 32.4 Å². The summed E-state index contributed by atoms with van der Waals surface area (Å²) in [6.45, 7) is 4.71. The van der Waals surface area contributed by atoms with Crippen LogP contribution in [0.25, 0.3) is 0 Å². The second-order valence-electron chi connectivity index (χ2n) is 5.62. The Labute approximate surface area is 132 Å². The van der Waals surface area contributed by atoms with Gasteiger partial charge < -0.3 is 5.11 Å². The van der Waals surface area contributed by atoms with Crippen LogP contribution in [-0.2, 0) is 17.9 Å². The van der Waals surface area contributed by atoms with Gasteiger partial charge in [0.05, 0.1) is 12.2 Å². The lowest BCUT2D eigenvalue weighted by Gasteiger charge is -2.31. The van der Waals surface area contributed by atoms with Crippen LogP contribution in [0.4, 0.5) is 0 Å². The summed E-state index contributed by atoms with van der Waals surface area (Å²) in [5, 5.41) is 23.5. The summed E-state index contributed by atoms with van der Waals surface area (Å²) in [7, 11) is 0. The van der Waals surface area contributed by atoms with Crippen molar-refractivity contribution >= 4 is 17.3 Å². The largest absolute Gasteiger partial charge is 0.480 e. The first-order valence-electron chi connectivity index (χ1n) is 7.36. The lowest BCUT2D eigenvalue weighted by atomic mass is 9.95. The molecule has 0 aromatic carbocycles. The summed E-state index contributed by atoms with van der Waals surface area (Å²) in [4.78, 5) is 13.1. The van der Waals surface area contributed by atoms with E-state index in [-0.39, 0.29) is 6.54 Å². The van der Waals surface area contributed by atoms with Gasteiger partial charge in [-0.3, -0.25) is 14.4 Å². The van der Waals surface area contributed by atoms with Gasteiger partial charge in [0.1, 0.15) is 16.6 Å². The minimum absolute atomic E-state index is 0.0828. The van der Waals surface area contributed by atoms with Gasteiger partial charge in [0.2, 0.25) is 0 Å². The van der Waals surface area contributed by atoms with Crippen molar-refractivity contribution in [2.75, 3.05) is 13.1 Å². The van der Waals surface area contributed by atoms with E-state index in [2.05, 4.69) is 20.2 Å². The Kier molecular flexibility index (Phi) is 4.49. The molecule has 0 radical (unpaired) electrons. The Morgan fingerprint density at radius 3 is 3.09 bits per heavy atom. The fourth-order valence-electron chi connectivity index (χ4n) is 2.86. The summed E-state index contributed by atoms with van der Waals surface area (Å²) in [6.07, 6.45) is 3.96. The highest BCUT2D eigenvalue weighted by Crippen LogP contribution is 2.27. The molecule has 3 heterocycles. The number of carboxylic acids is 1. The van der Waals surface area contributed by atoms with Crippen molar-refractivity contribution in [3.8, 4) is 0 Å². The highest BCUT2D eigenvalue weighted by Gasteiger charge is 2.24. The van der Waals surface area contributed by atoms with Gasteiger partial charge in [0, 0.05) is 18.7 Å². The monoisotopic (exact) mass is 321 g/mol. The molecule has 0 amide bonds. The zero-order valence-corrected chi connectivity index (χ0v) is 13.3. The average molecular weight is 321 g/mol. The van der Waals surface area contributed by atoms with Crippen LogP contribution in [0.15, 0.2) is 12.3 Å². The average Bonchev–Trinajstić information content (AvgIpc) is 3.08. The number of likely N-dealkylation sites (tertiary alicyclic amines) is 1. The summed E-state index contributed by atoms with van der Waals surface area (Å²) in [5.41, 5.74) is 0.986. The zero-order valence-electron chi connectivity index (χ0n) is 12.5. The third-order valence-electron chi connectivity index (χ3n) is 3.81. The second kappa shape index (κ2) is 6.53. The van der Waals surface area contributed by atoms with E-state index in [4.69, 9.17) is 5.11 Å². The van der Waals surface area contributed by atoms with Crippen LogP contribution in [0.3, 0.4) is 0 Å². The summed E-state index contributed by atoms with van der Waals surface area (Å²) in [5.74, 6) is -0.510. The SMILES string of the molecule is Cc1nnc(CN2CCCC(c3ccn(CC(=O)O)n3)C2)s1. The Balaban J connectivity index is 1.62. The van der Waals surface area contributed by atoms with Crippen molar-refractivity contribution in [3.63, 3.8) is 0 Å². The van der Waals surface area contributed by atoms with Gasteiger partial charge in [-0.15, -0.1) is 21.5 Å². The van der Waals surface area contributed by atoms with E-state index in [9.17, 15) is 4.79 Å². The van der Waals surface area contributed by atoms with Crippen LogP contribution in [0.5, 0.6) is 0 Å². The molecule has 118 valence electrons. The molecular weight excluding hydrogens is 302 g/mol. The van der Waals surface area contributed by atoms with Crippen molar-refractivity contribution in [2.24, 2.45) is 0 Å². The number of hydrogen-bond donors (Lipinski definition) is 1. The number of carbonyl (C=O) groups is 1. The molecule has 8 heteroatoms. The zero-order chi connectivity index (χ0) is 15.5. The van der Waals surface area contributed by atoms with Crippen molar-refractivity contribution in [2.45, 2.75) is 38.8 Å². The fourth-order valence-corrected chi connectivity index (χ4v) is 3.61. The topological polar surface area (TPSA) is 84.1 Å². The molecule has 2 aromatic rings. The van der Waals surface area contributed by atoms with Gasteiger partial charge in [-0.2, -0.15) is 5.10 Å². The third kappa shape index (κ3) is 3.69. The number of hydrogen-bond acceptors (Lipinski definition) is 6. The minimum atomic E-state index is -0.869. The Morgan fingerprint density at radius 2 is 2.36 bits per heavy atom. The lowest BCUT2D eigenvalue weighted by molar-refractivity contribution is -0.137. The number of aryl methyl sites for hydroxylation is 1. The van der Waals surface area contributed by atoms with E-state index in [1.165, 1.54) is 4.68 Å². The van der Waals surface area contributed by atoms with Gasteiger partial charge in [-0.1, -0.05) is 0 Å². The van der Waals surface area contributed by atoms with Crippen LogP contribution in [0.1, 0.15) is 34.5 Å². The number of rotatable bonds is 5. The van der Waals surface area contributed by atoms with E-state index in [0.717, 1.165) is 48.2 Å². The fraction of sp³-hybridized carbons (Fsp3) is 0.571. The number of aliphatic carboxylic acids is 1. The number of carboxylic acid groups (broad SMARTS) is 1. The molecule has 1 unspecified atom stereocenters. The van der Waals surface area contributed by atoms with E-state index in [1.807, 2.05) is 13.0 Å². The van der Waals surface area contributed by atoms with Crippen molar-refractivity contribution < 1.29 is 9.90 Å². The summed E-state index contributed by atoms with van der Waals surface area (Å²) < 4.78 is 1.49. The van der Waals surface area contributed by atoms with Crippen molar-refractivity contribution in [3.05, 3.63) is 28.0 Å². The smallest absolute Gasteiger partial charge is 0.325 e. The molecule has 1 aliphatic heterocycles. The molecule has 1 aliphatic rings. The molecule has 1 fully saturated rings. The number of nitrogens with zero attached hydrogens (tertiary/aromatic N) is 5. The third-order valence-corrected chi connectivity index (χ3v) is 4.63. The predicted molar refractivity (Wildman–Crippen MR) is 81.8 cm³/mol. The molecule has 0 aliphatic carbocycles. The Hall–Kier alpha value is -1.80. The summed E-state index contributed by atoms with van der Waals surface area (Å²) in [6, 6.07) is 1.94. The number of piperidine rings is 1. The molecular formula is C14H19N5O2S. The van der Waals surface area contributed by atoms with Gasteiger partial charge in [0.25, 0.3) is 0 Å². The molecule has 1 saturated heterocycles. The first kappa shape index (κ1) is 15.1. The molecule has 1 N–H and O–H groups in total. The molecule has 22 heavy (non-hydrogen) atoms. The maximum absolute atomic E-state index is 10.7. The lowest BCUT2D eigenvalue weighted by Crippen LogP contribution is -2.34. The molecule has 0 spiro atoms. The second-order valence-corrected chi connectivity index (χ2v) is 6.89. The molecule has 1 atom stereocenters. The standard InChI is InChI=1S/C14H19N5O2S/c1-10-15-16-13(22-10)8-18-5-2-3-11(7-18)12-4-6-19(17-12)9-14(20)21/h4,6,11H,2-3,5,7-9H2,1H3,(H,20,21). The Bertz CT molecular complexity index is 653. The first-order valence-corrected chi connectivity index (χ1v) is 8.18. The van der Waals surface area contributed by atoms with Crippen molar-refractivity contribution in [1.82, 2.24) is 24.9 Å². The van der Waals surface area contributed by atoms with Gasteiger partial charge >= 0.3 is 5.97 Å². The van der Waals surface area contributed by atoms with E-state index in [1.54, 1.807) is 17.5 Å². The van der Waals surface area contributed by atoms with Gasteiger partial charge in [0.15, 0.2) is 0 Å². The molecule has 2 aromatic heterocycles. The molecule has 0 bridgehead atoms. The van der Waals surface area contributed by atoms with E-state index in [0.29, 0.717) is 5.92 Å². The molecule has 7 nitrogen and oxygen atoms in total. The highest BCUT2D eigenvalue weighted by molar-refractivity contribution is 7.11. The molecule has 3 rings (SSSR count). The normalized spacial score (nSPS) is 19.4. The minimum Gasteiger partial charge on any atom is -0.480 e. The van der Waals surface area contributed by atoms with E-state index >= 15 is 0 Å². The van der Waals surface area contributed by atoms with E-state index < -0.39 is 5.97 Å². The van der Waals surface area contributed by atoms with Crippen LogP contribution in [0, 0.1) is 6.92 Å². The van der Waals surface area contributed by atoms with Crippen LogP contribution >= 0.6 is 11.3 Å². The maximum atomic E-state index is 10.7. The van der Waals surface area contributed by atoms with Crippen LogP contribution in [0.2, 0.25) is 0 Å². The van der Waals surface area contributed by atoms with Crippen LogP contribution in [-0.4, -0.2) is 49.0 Å². The predicted octanol–water partition coefficient (Wildman–Crippen LogP) is 1.51. The number of aromatic nitrogens is 4. The Morgan fingerprint density at radius 1 is 1.50 bits per heavy atom.